The highest BCUT2D eigenvalue weighted by Crippen LogP contribution is 2.17. The van der Waals surface area contributed by atoms with Crippen LogP contribution >= 0.6 is 0 Å². The number of benzene rings is 1. The zero-order valence-electron chi connectivity index (χ0n) is 11.2. The summed E-state index contributed by atoms with van der Waals surface area (Å²) in [6.45, 7) is 5.66. The average molecular weight is 263 g/mol. The van der Waals surface area contributed by atoms with Crippen molar-refractivity contribution in [3.63, 3.8) is 0 Å². The summed E-state index contributed by atoms with van der Waals surface area (Å²) < 4.78 is 14.7. The average Bonchev–Trinajstić information content (AvgIpc) is 2.87. The van der Waals surface area contributed by atoms with Crippen LogP contribution in [0.4, 0.5) is 4.39 Å². The van der Waals surface area contributed by atoms with E-state index in [-0.39, 0.29) is 11.9 Å². The molecule has 1 aromatic carbocycles. The maximum atomic E-state index is 12.9. The molecule has 19 heavy (non-hydrogen) atoms. The fourth-order valence-electron chi connectivity index (χ4n) is 1.89. The fraction of sp³-hybridized carbons (Fsp3) is 0.462. The molecular formula is C13H18FN5. The van der Waals surface area contributed by atoms with Gasteiger partial charge in [-0.05, 0) is 48.0 Å². The van der Waals surface area contributed by atoms with Gasteiger partial charge in [-0.15, -0.1) is 5.10 Å². The van der Waals surface area contributed by atoms with Crippen LogP contribution in [-0.4, -0.2) is 26.8 Å². The molecule has 0 aliphatic heterocycles. The highest BCUT2D eigenvalue weighted by atomic mass is 19.1. The van der Waals surface area contributed by atoms with Crippen molar-refractivity contribution in [2.75, 3.05) is 6.54 Å². The van der Waals surface area contributed by atoms with Crippen LogP contribution in [0.2, 0.25) is 0 Å². The van der Waals surface area contributed by atoms with Gasteiger partial charge >= 0.3 is 0 Å². The standard InChI is InChI=1S/C13H18FN5/c1-3-8-15-9-13-16-17-18-19(13)10(2)11-4-6-12(14)7-5-11/h4-7,10,15H,3,8-9H2,1-2H3. The van der Waals surface area contributed by atoms with Crippen molar-refractivity contribution in [2.45, 2.75) is 32.9 Å². The lowest BCUT2D eigenvalue weighted by Gasteiger charge is -2.14. The first-order valence-corrected chi connectivity index (χ1v) is 6.45. The van der Waals surface area contributed by atoms with Crippen molar-refractivity contribution in [1.29, 1.82) is 0 Å². The molecule has 102 valence electrons. The summed E-state index contributed by atoms with van der Waals surface area (Å²) in [5.41, 5.74) is 0.977. The molecule has 0 aliphatic carbocycles. The van der Waals surface area contributed by atoms with Crippen LogP contribution in [0.5, 0.6) is 0 Å². The number of rotatable bonds is 6. The second kappa shape index (κ2) is 6.38. The van der Waals surface area contributed by atoms with Crippen LogP contribution < -0.4 is 5.32 Å². The molecule has 1 unspecified atom stereocenters. The molecule has 1 N–H and O–H groups in total. The molecule has 0 aliphatic rings. The van der Waals surface area contributed by atoms with E-state index in [4.69, 9.17) is 0 Å². The van der Waals surface area contributed by atoms with Gasteiger partial charge in [-0.1, -0.05) is 19.1 Å². The highest BCUT2D eigenvalue weighted by molar-refractivity contribution is 5.20. The van der Waals surface area contributed by atoms with Gasteiger partial charge in [-0.3, -0.25) is 0 Å². The zero-order chi connectivity index (χ0) is 13.7. The van der Waals surface area contributed by atoms with Crippen LogP contribution in [0, 0.1) is 5.82 Å². The van der Waals surface area contributed by atoms with Crippen molar-refractivity contribution in [3.8, 4) is 0 Å². The SMILES string of the molecule is CCCNCc1nnnn1C(C)c1ccc(F)cc1. The topological polar surface area (TPSA) is 55.6 Å². The highest BCUT2D eigenvalue weighted by Gasteiger charge is 2.14. The van der Waals surface area contributed by atoms with E-state index in [0.717, 1.165) is 24.4 Å². The Morgan fingerprint density at radius 2 is 2.05 bits per heavy atom. The van der Waals surface area contributed by atoms with E-state index in [1.54, 1.807) is 16.8 Å². The molecule has 2 rings (SSSR count). The Labute approximate surface area is 111 Å². The molecule has 0 spiro atoms. The Hall–Kier alpha value is -1.82. The van der Waals surface area contributed by atoms with Gasteiger partial charge in [0.1, 0.15) is 5.82 Å². The lowest BCUT2D eigenvalue weighted by Crippen LogP contribution is -2.20. The predicted molar refractivity (Wildman–Crippen MR) is 70.0 cm³/mol. The summed E-state index contributed by atoms with van der Waals surface area (Å²) in [4.78, 5) is 0. The number of hydrogen-bond donors (Lipinski definition) is 1. The van der Waals surface area contributed by atoms with Gasteiger partial charge in [-0.25, -0.2) is 9.07 Å². The van der Waals surface area contributed by atoms with E-state index >= 15 is 0 Å². The Kier molecular flexibility index (Phi) is 4.57. The minimum Gasteiger partial charge on any atom is -0.310 e. The molecule has 1 atom stereocenters. The van der Waals surface area contributed by atoms with Crippen molar-refractivity contribution in [3.05, 3.63) is 41.5 Å². The zero-order valence-corrected chi connectivity index (χ0v) is 11.2. The number of nitrogens with one attached hydrogen (secondary N) is 1. The van der Waals surface area contributed by atoms with Gasteiger partial charge in [0.05, 0.1) is 12.6 Å². The summed E-state index contributed by atoms with van der Waals surface area (Å²) >= 11 is 0. The van der Waals surface area contributed by atoms with Crippen molar-refractivity contribution >= 4 is 0 Å². The minimum absolute atomic E-state index is 0.0194. The third kappa shape index (κ3) is 3.35. The Morgan fingerprint density at radius 1 is 1.32 bits per heavy atom. The summed E-state index contributed by atoms with van der Waals surface area (Å²) in [6, 6.07) is 6.39. The molecule has 2 aromatic rings. The summed E-state index contributed by atoms with van der Waals surface area (Å²) in [6.07, 6.45) is 1.06. The van der Waals surface area contributed by atoms with Gasteiger partial charge < -0.3 is 5.32 Å². The van der Waals surface area contributed by atoms with Crippen molar-refractivity contribution in [2.24, 2.45) is 0 Å². The summed E-state index contributed by atoms with van der Waals surface area (Å²) in [5.74, 6) is 0.544. The fourth-order valence-corrected chi connectivity index (χ4v) is 1.89. The third-order valence-electron chi connectivity index (χ3n) is 2.99. The molecule has 0 bridgehead atoms. The van der Waals surface area contributed by atoms with Crippen LogP contribution in [0.15, 0.2) is 24.3 Å². The monoisotopic (exact) mass is 263 g/mol. The normalized spacial score (nSPS) is 12.6. The van der Waals surface area contributed by atoms with E-state index in [0.29, 0.717) is 6.54 Å². The molecule has 1 aromatic heterocycles. The molecule has 0 radical (unpaired) electrons. The minimum atomic E-state index is -0.238. The molecule has 6 heteroatoms. The molecule has 0 fully saturated rings. The largest absolute Gasteiger partial charge is 0.310 e. The molecule has 1 heterocycles. The molecular weight excluding hydrogens is 245 g/mol. The van der Waals surface area contributed by atoms with Crippen LogP contribution in [-0.2, 0) is 6.54 Å². The summed E-state index contributed by atoms with van der Waals surface area (Å²) in [7, 11) is 0. The van der Waals surface area contributed by atoms with Crippen LogP contribution in [0.1, 0.15) is 37.7 Å². The van der Waals surface area contributed by atoms with E-state index in [9.17, 15) is 4.39 Å². The van der Waals surface area contributed by atoms with E-state index in [2.05, 4.69) is 27.8 Å². The van der Waals surface area contributed by atoms with Gasteiger partial charge in [-0.2, -0.15) is 0 Å². The Bertz CT molecular complexity index is 508. The predicted octanol–water partition coefficient (Wildman–Crippen LogP) is 1.92. The Morgan fingerprint density at radius 3 is 2.74 bits per heavy atom. The van der Waals surface area contributed by atoms with Gasteiger partial charge in [0, 0.05) is 0 Å². The van der Waals surface area contributed by atoms with E-state index in [1.165, 1.54) is 12.1 Å². The third-order valence-corrected chi connectivity index (χ3v) is 2.99. The molecule has 0 saturated heterocycles. The number of halogens is 1. The molecule has 0 amide bonds. The van der Waals surface area contributed by atoms with Crippen molar-refractivity contribution < 1.29 is 4.39 Å². The number of tetrazole rings is 1. The first-order valence-electron chi connectivity index (χ1n) is 6.45. The maximum Gasteiger partial charge on any atom is 0.165 e. The van der Waals surface area contributed by atoms with E-state index < -0.39 is 0 Å². The number of nitrogens with zero attached hydrogens (tertiary/aromatic N) is 4. The lowest BCUT2D eigenvalue weighted by molar-refractivity contribution is 0.504. The lowest BCUT2D eigenvalue weighted by atomic mass is 10.1. The first kappa shape index (κ1) is 13.6. The molecule has 0 saturated carbocycles. The molecule has 5 nitrogen and oxygen atoms in total. The second-order valence-electron chi connectivity index (χ2n) is 4.44. The van der Waals surface area contributed by atoms with Crippen LogP contribution in [0.25, 0.3) is 0 Å². The van der Waals surface area contributed by atoms with Gasteiger partial charge in [0.2, 0.25) is 0 Å². The number of aromatic nitrogens is 4. The first-order chi connectivity index (χ1) is 9.22. The Balaban J connectivity index is 2.12. The quantitative estimate of drug-likeness (QED) is 0.809. The number of hydrogen-bond acceptors (Lipinski definition) is 4. The smallest absolute Gasteiger partial charge is 0.165 e. The van der Waals surface area contributed by atoms with E-state index in [1.807, 2.05) is 6.92 Å². The second-order valence-corrected chi connectivity index (χ2v) is 4.44. The maximum absolute atomic E-state index is 12.9. The summed E-state index contributed by atoms with van der Waals surface area (Å²) in [5, 5.41) is 15.0. The van der Waals surface area contributed by atoms with Crippen LogP contribution in [0.3, 0.4) is 0 Å². The van der Waals surface area contributed by atoms with Gasteiger partial charge in [0.25, 0.3) is 0 Å². The van der Waals surface area contributed by atoms with Crippen molar-refractivity contribution in [1.82, 2.24) is 25.5 Å². The van der Waals surface area contributed by atoms with Gasteiger partial charge in [0.15, 0.2) is 5.82 Å².